The molecule has 6 rings (SSSR count). The molecule has 0 spiro atoms. The summed E-state index contributed by atoms with van der Waals surface area (Å²) in [6.45, 7) is 5.95. The molecule has 1 saturated carbocycles. The minimum absolute atomic E-state index is 0.140. The Kier molecular flexibility index (Phi) is 9.80. The van der Waals surface area contributed by atoms with Gasteiger partial charge in [0.25, 0.3) is 5.91 Å². The van der Waals surface area contributed by atoms with Crippen molar-refractivity contribution in [3.8, 4) is 11.1 Å². The van der Waals surface area contributed by atoms with Crippen molar-refractivity contribution in [2.75, 3.05) is 43.4 Å². The second kappa shape index (κ2) is 14.3. The Balaban J connectivity index is 1.27. The molecular formula is C37H44N6O3. The molecule has 2 heterocycles. The van der Waals surface area contributed by atoms with Crippen LogP contribution in [0, 0.1) is 6.92 Å². The second-order valence-corrected chi connectivity index (χ2v) is 12.8. The largest absolute Gasteiger partial charge is 0.367 e. The zero-order valence-corrected chi connectivity index (χ0v) is 26.8. The van der Waals surface area contributed by atoms with E-state index in [-0.39, 0.29) is 29.6 Å². The monoisotopic (exact) mass is 620 g/mol. The third-order valence-corrected chi connectivity index (χ3v) is 9.26. The molecule has 0 unspecified atom stereocenters. The molecule has 1 aromatic heterocycles. The molecule has 3 N–H and O–H groups in total. The van der Waals surface area contributed by atoms with Gasteiger partial charge in [-0.3, -0.25) is 9.59 Å². The number of nitrogens with one attached hydrogen (secondary N) is 1. The Hall–Kier alpha value is -4.47. The van der Waals surface area contributed by atoms with Gasteiger partial charge < -0.3 is 30.3 Å². The van der Waals surface area contributed by atoms with Crippen molar-refractivity contribution in [1.82, 2.24) is 15.0 Å². The Morgan fingerprint density at radius 1 is 0.891 bits per heavy atom. The maximum atomic E-state index is 13.8. The maximum Gasteiger partial charge on any atom is 0.277 e. The Bertz CT molecular complexity index is 1640. The minimum atomic E-state index is -0.308. The molecule has 0 radical (unpaired) electrons. The lowest BCUT2D eigenvalue weighted by molar-refractivity contribution is -0.134. The predicted octanol–water partition coefficient (Wildman–Crippen LogP) is 5.50. The smallest absolute Gasteiger partial charge is 0.277 e. The highest BCUT2D eigenvalue weighted by Crippen LogP contribution is 2.34. The van der Waals surface area contributed by atoms with Crippen LogP contribution in [0.2, 0.25) is 0 Å². The summed E-state index contributed by atoms with van der Waals surface area (Å²) in [4.78, 5) is 33.7. The van der Waals surface area contributed by atoms with Gasteiger partial charge >= 0.3 is 0 Å². The van der Waals surface area contributed by atoms with Crippen LogP contribution in [-0.4, -0.2) is 72.1 Å². The van der Waals surface area contributed by atoms with Gasteiger partial charge in [-0.2, -0.15) is 0 Å². The SMILES string of the molecule is Cc1cc(C(=O)Nc2cc(-c3cccc(CN(C(=O)Cc4ccccc4)C4CCC(N)CC4)c3)ccc2N2CCN(C)CC2)no1. The number of nitrogens with zero attached hydrogens (tertiary/aromatic N) is 4. The molecule has 1 saturated heterocycles. The molecule has 240 valence electrons. The lowest BCUT2D eigenvalue weighted by Gasteiger charge is -2.36. The van der Waals surface area contributed by atoms with Crippen molar-refractivity contribution in [3.05, 3.63) is 101 Å². The summed E-state index contributed by atoms with van der Waals surface area (Å²) in [5.41, 5.74) is 12.3. The van der Waals surface area contributed by atoms with Gasteiger partial charge in [0.2, 0.25) is 5.91 Å². The van der Waals surface area contributed by atoms with E-state index in [0.717, 1.165) is 85.5 Å². The first-order chi connectivity index (χ1) is 22.3. The Morgan fingerprint density at radius 3 is 2.33 bits per heavy atom. The van der Waals surface area contributed by atoms with Gasteiger partial charge in [-0.15, -0.1) is 0 Å². The number of aromatic nitrogens is 1. The predicted molar refractivity (Wildman–Crippen MR) is 182 cm³/mol. The molecule has 9 heteroatoms. The number of amides is 2. The highest BCUT2D eigenvalue weighted by Gasteiger charge is 2.28. The highest BCUT2D eigenvalue weighted by molar-refractivity contribution is 6.05. The quantitative estimate of drug-likeness (QED) is 0.255. The van der Waals surface area contributed by atoms with E-state index in [9.17, 15) is 9.59 Å². The molecule has 2 aliphatic rings. The maximum absolute atomic E-state index is 13.8. The van der Waals surface area contributed by atoms with Crippen molar-refractivity contribution in [2.24, 2.45) is 5.73 Å². The summed E-state index contributed by atoms with van der Waals surface area (Å²) >= 11 is 0. The number of likely N-dealkylation sites (N-methyl/N-ethyl adjacent to an activating group) is 1. The van der Waals surface area contributed by atoms with Crippen molar-refractivity contribution in [3.63, 3.8) is 0 Å². The number of carbonyl (C=O) groups excluding carboxylic acids is 2. The zero-order chi connectivity index (χ0) is 32.0. The van der Waals surface area contributed by atoms with Crippen LogP contribution < -0.4 is 16.0 Å². The first-order valence-electron chi connectivity index (χ1n) is 16.3. The average molecular weight is 621 g/mol. The van der Waals surface area contributed by atoms with Crippen molar-refractivity contribution < 1.29 is 14.1 Å². The van der Waals surface area contributed by atoms with E-state index in [1.165, 1.54) is 0 Å². The van der Waals surface area contributed by atoms with Gasteiger partial charge in [-0.25, -0.2) is 0 Å². The van der Waals surface area contributed by atoms with Crippen molar-refractivity contribution >= 4 is 23.2 Å². The summed E-state index contributed by atoms with van der Waals surface area (Å²) in [6.07, 6.45) is 4.08. The molecule has 46 heavy (non-hydrogen) atoms. The van der Waals surface area contributed by atoms with Crippen LogP contribution in [0.4, 0.5) is 11.4 Å². The van der Waals surface area contributed by atoms with Crippen molar-refractivity contribution in [1.29, 1.82) is 0 Å². The van der Waals surface area contributed by atoms with E-state index in [1.54, 1.807) is 13.0 Å². The third kappa shape index (κ3) is 7.66. The molecule has 4 aromatic rings. The van der Waals surface area contributed by atoms with Crippen LogP contribution in [0.3, 0.4) is 0 Å². The fourth-order valence-electron chi connectivity index (χ4n) is 6.55. The summed E-state index contributed by atoms with van der Waals surface area (Å²) in [6, 6.07) is 26.6. The highest BCUT2D eigenvalue weighted by atomic mass is 16.5. The second-order valence-electron chi connectivity index (χ2n) is 12.8. The van der Waals surface area contributed by atoms with Gasteiger partial charge in [0.05, 0.1) is 17.8 Å². The summed E-state index contributed by atoms with van der Waals surface area (Å²) in [7, 11) is 2.13. The molecule has 1 aliphatic heterocycles. The van der Waals surface area contributed by atoms with E-state index < -0.39 is 0 Å². The number of aryl methyl sites for hydroxylation is 1. The van der Waals surface area contributed by atoms with Crippen LogP contribution in [-0.2, 0) is 17.8 Å². The minimum Gasteiger partial charge on any atom is -0.367 e. The molecule has 3 aromatic carbocycles. The average Bonchev–Trinajstić information content (AvgIpc) is 3.51. The number of benzene rings is 3. The Morgan fingerprint density at radius 2 is 1.61 bits per heavy atom. The molecule has 0 bridgehead atoms. The van der Waals surface area contributed by atoms with Gasteiger partial charge in [0.15, 0.2) is 5.69 Å². The van der Waals surface area contributed by atoms with E-state index in [4.69, 9.17) is 10.3 Å². The van der Waals surface area contributed by atoms with E-state index in [1.807, 2.05) is 42.5 Å². The van der Waals surface area contributed by atoms with Crippen molar-refractivity contribution in [2.45, 2.75) is 57.7 Å². The number of hydrogen-bond donors (Lipinski definition) is 2. The van der Waals surface area contributed by atoms with E-state index >= 15 is 0 Å². The van der Waals surface area contributed by atoms with Crippen LogP contribution in [0.1, 0.15) is 53.1 Å². The van der Waals surface area contributed by atoms with Crippen LogP contribution in [0.25, 0.3) is 11.1 Å². The first kappa shape index (κ1) is 31.5. The standard InChI is InChI=1S/C37H44N6O3/c1-26-21-34(40-46-26)37(45)39-33-24-30(11-16-35(33)42-19-17-41(2)18-20-42)29-10-6-9-28(22-29)25-43(32-14-12-31(38)13-15-32)36(44)23-27-7-4-3-5-8-27/h3-11,16,21-22,24,31-32H,12-15,17-20,23,25,38H2,1-2H3,(H,39,45). The number of piperazine rings is 1. The molecule has 0 atom stereocenters. The summed E-state index contributed by atoms with van der Waals surface area (Å²) in [5, 5.41) is 7.03. The van der Waals surface area contributed by atoms with E-state index in [2.05, 4.69) is 62.6 Å². The van der Waals surface area contributed by atoms with Gasteiger partial charge in [0.1, 0.15) is 5.76 Å². The van der Waals surface area contributed by atoms with Gasteiger partial charge in [0, 0.05) is 50.9 Å². The van der Waals surface area contributed by atoms with Crippen LogP contribution >= 0.6 is 0 Å². The molecule has 2 amide bonds. The lowest BCUT2D eigenvalue weighted by atomic mass is 9.90. The number of hydrogen-bond acceptors (Lipinski definition) is 7. The molecular weight excluding hydrogens is 576 g/mol. The fraction of sp³-hybridized carbons (Fsp3) is 0.378. The van der Waals surface area contributed by atoms with Crippen LogP contribution in [0.15, 0.2) is 83.4 Å². The topological polar surface area (TPSA) is 108 Å². The number of carbonyl (C=O) groups is 2. The van der Waals surface area contributed by atoms with E-state index in [0.29, 0.717) is 18.7 Å². The molecule has 1 aliphatic carbocycles. The van der Waals surface area contributed by atoms with Crippen LogP contribution in [0.5, 0.6) is 0 Å². The normalized spacial score (nSPS) is 18.7. The zero-order valence-electron chi connectivity index (χ0n) is 26.8. The lowest BCUT2D eigenvalue weighted by Crippen LogP contribution is -2.44. The summed E-state index contributed by atoms with van der Waals surface area (Å²) in [5.74, 6) is 0.418. The third-order valence-electron chi connectivity index (χ3n) is 9.26. The number of nitrogens with two attached hydrogens (primary N) is 1. The summed E-state index contributed by atoms with van der Waals surface area (Å²) < 4.78 is 5.16. The number of rotatable bonds is 9. The number of anilines is 2. The molecule has 9 nitrogen and oxygen atoms in total. The fourth-order valence-corrected chi connectivity index (χ4v) is 6.55. The van der Waals surface area contributed by atoms with Gasteiger partial charge in [-0.05, 0) is 80.1 Å². The first-order valence-corrected chi connectivity index (χ1v) is 16.3. The molecule has 2 fully saturated rings. The Labute approximate surface area is 271 Å². The van der Waals surface area contributed by atoms with Gasteiger partial charge in [-0.1, -0.05) is 59.8 Å².